The molecule has 0 spiro atoms. The molecule has 22 heavy (non-hydrogen) atoms. The predicted molar refractivity (Wildman–Crippen MR) is 88.3 cm³/mol. The lowest BCUT2D eigenvalue weighted by Gasteiger charge is -2.24. The molecule has 1 N–H and O–H groups in total. The summed E-state index contributed by atoms with van der Waals surface area (Å²) in [4.78, 5) is 9.73. The van der Waals surface area contributed by atoms with Crippen molar-refractivity contribution in [2.45, 2.75) is 6.04 Å². The number of benzene rings is 1. The number of amidine groups is 1. The SMILES string of the molecule is COc1nc(C2=NOCC(c3ccccc3Cl)N2)ccc1Br. The Balaban J connectivity index is 1.87. The molecule has 1 aliphatic heterocycles. The van der Waals surface area contributed by atoms with Crippen LogP contribution < -0.4 is 10.1 Å². The van der Waals surface area contributed by atoms with Gasteiger partial charge in [0.2, 0.25) is 5.88 Å². The van der Waals surface area contributed by atoms with Crippen molar-refractivity contribution in [2.75, 3.05) is 13.7 Å². The van der Waals surface area contributed by atoms with E-state index in [1.165, 1.54) is 0 Å². The Morgan fingerprint density at radius 3 is 2.91 bits per heavy atom. The van der Waals surface area contributed by atoms with Gasteiger partial charge in [-0.2, -0.15) is 0 Å². The van der Waals surface area contributed by atoms with Gasteiger partial charge in [-0.25, -0.2) is 4.98 Å². The van der Waals surface area contributed by atoms with E-state index in [-0.39, 0.29) is 6.04 Å². The topological polar surface area (TPSA) is 55.7 Å². The van der Waals surface area contributed by atoms with Gasteiger partial charge in [-0.05, 0) is 39.7 Å². The first kappa shape index (κ1) is 15.1. The van der Waals surface area contributed by atoms with Crippen LogP contribution in [-0.2, 0) is 4.84 Å². The van der Waals surface area contributed by atoms with E-state index in [1.54, 1.807) is 7.11 Å². The minimum atomic E-state index is -0.0855. The van der Waals surface area contributed by atoms with Gasteiger partial charge in [0, 0.05) is 5.02 Å². The van der Waals surface area contributed by atoms with Gasteiger partial charge in [-0.15, -0.1) is 0 Å². The largest absolute Gasteiger partial charge is 0.480 e. The van der Waals surface area contributed by atoms with Crippen LogP contribution in [0.4, 0.5) is 0 Å². The number of methoxy groups -OCH3 is 1. The molecule has 1 atom stereocenters. The van der Waals surface area contributed by atoms with Gasteiger partial charge in [0.15, 0.2) is 5.84 Å². The van der Waals surface area contributed by atoms with Gasteiger partial charge in [-0.1, -0.05) is 35.0 Å². The molecule has 114 valence electrons. The fraction of sp³-hybridized carbons (Fsp3) is 0.200. The zero-order chi connectivity index (χ0) is 15.5. The van der Waals surface area contributed by atoms with Crippen molar-refractivity contribution in [1.29, 1.82) is 0 Å². The Morgan fingerprint density at radius 2 is 2.14 bits per heavy atom. The van der Waals surface area contributed by atoms with E-state index < -0.39 is 0 Å². The molecule has 2 heterocycles. The zero-order valence-corrected chi connectivity index (χ0v) is 14.1. The van der Waals surface area contributed by atoms with Crippen molar-refractivity contribution in [3.05, 3.63) is 57.2 Å². The number of hydrogen-bond acceptors (Lipinski definition) is 5. The van der Waals surface area contributed by atoms with Crippen LogP contribution in [0.2, 0.25) is 5.02 Å². The molecule has 0 fully saturated rings. The highest BCUT2D eigenvalue weighted by atomic mass is 79.9. The molecule has 1 aromatic heterocycles. The standard InChI is InChI=1S/C15H13BrClN3O2/c1-21-15-10(16)6-7-12(19-15)14-18-13(8-22-20-14)9-4-2-3-5-11(9)17/h2-7,13H,8H2,1H3,(H,18,20). The van der Waals surface area contributed by atoms with Crippen molar-refractivity contribution in [3.63, 3.8) is 0 Å². The Morgan fingerprint density at radius 1 is 1.32 bits per heavy atom. The molecule has 0 saturated carbocycles. The number of hydrogen-bond donors (Lipinski definition) is 1. The Bertz CT molecular complexity index is 724. The van der Waals surface area contributed by atoms with Crippen molar-refractivity contribution < 1.29 is 9.57 Å². The normalized spacial score (nSPS) is 17.2. The molecular formula is C15H13BrClN3O2. The number of pyridine rings is 1. The summed E-state index contributed by atoms with van der Waals surface area (Å²) in [5, 5.41) is 8.03. The average Bonchev–Trinajstić information content (AvgIpc) is 2.56. The molecule has 5 nitrogen and oxygen atoms in total. The van der Waals surface area contributed by atoms with Gasteiger partial charge in [0.25, 0.3) is 0 Å². The van der Waals surface area contributed by atoms with Gasteiger partial charge < -0.3 is 14.9 Å². The minimum Gasteiger partial charge on any atom is -0.480 e. The van der Waals surface area contributed by atoms with Crippen molar-refractivity contribution in [3.8, 4) is 5.88 Å². The van der Waals surface area contributed by atoms with Crippen LogP contribution >= 0.6 is 27.5 Å². The van der Waals surface area contributed by atoms with Crippen LogP contribution in [0.5, 0.6) is 5.88 Å². The Kier molecular flexibility index (Phi) is 4.49. The van der Waals surface area contributed by atoms with Crippen LogP contribution in [0.1, 0.15) is 17.3 Å². The van der Waals surface area contributed by atoms with Crippen LogP contribution in [0.15, 0.2) is 46.0 Å². The molecule has 0 aliphatic carbocycles. The second-order valence-corrected chi connectivity index (χ2v) is 5.90. The molecule has 3 rings (SSSR count). The molecule has 7 heteroatoms. The van der Waals surface area contributed by atoms with Crippen LogP contribution in [0.25, 0.3) is 0 Å². The summed E-state index contributed by atoms with van der Waals surface area (Å²) >= 11 is 9.62. The number of ether oxygens (including phenoxy) is 1. The van der Waals surface area contributed by atoms with E-state index >= 15 is 0 Å². The van der Waals surface area contributed by atoms with Crippen molar-refractivity contribution in [1.82, 2.24) is 10.3 Å². The first-order valence-corrected chi connectivity index (χ1v) is 7.78. The van der Waals surface area contributed by atoms with E-state index in [0.29, 0.717) is 29.0 Å². The van der Waals surface area contributed by atoms with Crippen molar-refractivity contribution in [2.24, 2.45) is 5.16 Å². The molecular weight excluding hydrogens is 370 g/mol. The number of halogens is 2. The third kappa shape index (κ3) is 3.03. The van der Waals surface area contributed by atoms with E-state index in [9.17, 15) is 0 Å². The fourth-order valence-corrected chi connectivity index (χ4v) is 2.80. The number of rotatable bonds is 3. The maximum atomic E-state index is 6.24. The summed E-state index contributed by atoms with van der Waals surface area (Å²) in [6.45, 7) is 0.404. The van der Waals surface area contributed by atoms with Gasteiger partial charge in [0.05, 0.1) is 17.6 Å². The zero-order valence-electron chi connectivity index (χ0n) is 11.7. The Labute approximate surface area is 141 Å². The summed E-state index contributed by atoms with van der Waals surface area (Å²) in [5.74, 6) is 1.03. The predicted octanol–water partition coefficient (Wildman–Crippen LogP) is 3.53. The van der Waals surface area contributed by atoms with Gasteiger partial charge >= 0.3 is 0 Å². The summed E-state index contributed by atoms with van der Waals surface area (Å²) in [6, 6.07) is 11.2. The monoisotopic (exact) mass is 381 g/mol. The quantitative estimate of drug-likeness (QED) is 0.882. The molecule has 0 amide bonds. The third-order valence-corrected chi connectivity index (χ3v) is 4.19. The van der Waals surface area contributed by atoms with E-state index in [1.807, 2.05) is 36.4 Å². The lowest BCUT2D eigenvalue weighted by molar-refractivity contribution is 0.109. The first-order valence-electron chi connectivity index (χ1n) is 6.61. The third-order valence-electron chi connectivity index (χ3n) is 3.24. The van der Waals surface area contributed by atoms with Crippen LogP contribution in [-0.4, -0.2) is 24.5 Å². The highest BCUT2D eigenvalue weighted by Gasteiger charge is 2.23. The van der Waals surface area contributed by atoms with E-state index in [0.717, 1.165) is 10.0 Å². The average molecular weight is 383 g/mol. The number of nitrogens with zero attached hydrogens (tertiary/aromatic N) is 2. The maximum absolute atomic E-state index is 6.24. The summed E-state index contributed by atoms with van der Waals surface area (Å²) in [7, 11) is 1.57. The maximum Gasteiger partial charge on any atom is 0.228 e. The van der Waals surface area contributed by atoms with Crippen LogP contribution in [0.3, 0.4) is 0 Å². The highest BCUT2D eigenvalue weighted by molar-refractivity contribution is 9.10. The van der Waals surface area contributed by atoms with E-state index in [4.69, 9.17) is 21.2 Å². The van der Waals surface area contributed by atoms with Crippen molar-refractivity contribution >= 4 is 33.4 Å². The number of oxime groups is 1. The second-order valence-electron chi connectivity index (χ2n) is 4.64. The summed E-state index contributed by atoms with van der Waals surface area (Å²) in [5.41, 5.74) is 1.59. The van der Waals surface area contributed by atoms with Crippen LogP contribution in [0, 0.1) is 0 Å². The molecule has 0 bridgehead atoms. The molecule has 1 unspecified atom stereocenters. The fourth-order valence-electron chi connectivity index (χ4n) is 2.15. The molecule has 1 aromatic carbocycles. The van der Waals surface area contributed by atoms with Gasteiger partial charge in [-0.3, -0.25) is 0 Å². The van der Waals surface area contributed by atoms with Gasteiger partial charge in [0.1, 0.15) is 12.3 Å². The smallest absolute Gasteiger partial charge is 0.228 e. The minimum absolute atomic E-state index is 0.0855. The Hall–Kier alpha value is -1.79. The summed E-state index contributed by atoms with van der Waals surface area (Å²) in [6.07, 6.45) is 0. The number of aromatic nitrogens is 1. The molecule has 0 radical (unpaired) electrons. The van der Waals surface area contributed by atoms with E-state index in [2.05, 4.69) is 31.4 Å². The first-order chi connectivity index (χ1) is 10.7. The highest BCUT2D eigenvalue weighted by Crippen LogP contribution is 2.26. The summed E-state index contributed by atoms with van der Waals surface area (Å²) < 4.78 is 5.98. The number of nitrogens with one attached hydrogen (secondary N) is 1. The molecule has 1 aliphatic rings. The molecule has 2 aromatic rings. The lowest BCUT2D eigenvalue weighted by atomic mass is 10.1. The molecule has 0 saturated heterocycles. The lowest BCUT2D eigenvalue weighted by Crippen LogP contribution is -2.36. The second kappa shape index (κ2) is 6.54.